The van der Waals surface area contributed by atoms with Gasteiger partial charge in [-0.25, -0.2) is 4.98 Å². The van der Waals surface area contributed by atoms with E-state index in [9.17, 15) is 5.11 Å². The molecule has 0 amide bonds. The second-order valence-electron chi connectivity index (χ2n) is 5.52. The predicted molar refractivity (Wildman–Crippen MR) is 99.0 cm³/mol. The number of thiocarbonyl (C=S) groups is 1. The summed E-state index contributed by atoms with van der Waals surface area (Å²) in [6.45, 7) is 4.41. The zero-order valence-corrected chi connectivity index (χ0v) is 14.7. The summed E-state index contributed by atoms with van der Waals surface area (Å²) in [5.41, 5.74) is 1.69. The summed E-state index contributed by atoms with van der Waals surface area (Å²) < 4.78 is 0.693. The minimum atomic E-state index is -1.09. The predicted octanol–water partition coefficient (Wildman–Crippen LogP) is 3.43. The molecule has 120 valence electrons. The molecule has 1 saturated heterocycles. The molecule has 4 nitrogen and oxygen atoms in total. The van der Waals surface area contributed by atoms with E-state index in [0.29, 0.717) is 16.6 Å². The summed E-state index contributed by atoms with van der Waals surface area (Å²) in [5, 5.41) is 11.2. The van der Waals surface area contributed by atoms with Gasteiger partial charge in [0.15, 0.2) is 5.72 Å². The molecular weight excluding hydrogens is 326 g/mol. The van der Waals surface area contributed by atoms with Crippen LogP contribution in [0.1, 0.15) is 29.7 Å². The van der Waals surface area contributed by atoms with E-state index in [1.165, 1.54) is 11.8 Å². The first-order chi connectivity index (χ1) is 11.0. The number of aliphatic hydroxyl groups is 1. The van der Waals surface area contributed by atoms with Crippen LogP contribution in [-0.2, 0) is 12.3 Å². The molecule has 1 aliphatic rings. The van der Waals surface area contributed by atoms with Crippen molar-refractivity contribution in [3.8, 4) is 0 Å². The topological polar surface area (TPSA) is 52.1 Å². The molecule has 2 aromatic rings. The first kappa shape index (κ1) is 16.2. The molecule has 0 bridgehead atoms. The highest BCUT2D eigenvalue weighted by atomic mass is 32.2. The third kappa shape index (κ3) is 3.06. The Hall–Kier alpha value is -1.63. The molecule has 6 heteroatoms. The largest absolute Gasteiger partial charge is 0.366 e. The van der Waals surface area contributed by atoms with Gasteiger partial charge in [-0.3, -0.25) is 0 Å². The molecule has 23 heavy (non-hydrogen) atoms. The molecule has 1 fully saturated rings. The van der Waals surface area contributed by atoms with E-state index in [-0.39, 0.29) is 0 Å². The van der Waals surface area contributed by atoms with E-state index in [0.717, 1.165) is 22.8 Å². The van der Waals surface area contributed by atoms with Gasteiger partial charge >= 0.3 is 0 Å². The van der Waals surface area contributed by atoms with Crippen LogP contribution in [0.15, 0.2) is 36.4 Å². The number of allylic oxidation sites excluding steroid dienone is 1. The Kier molecular flexibility index (Phi) is 4.57. The van der Waals surface area contributed by atoms with E-state index in [4.69, 9.17) is 12.2 Å². The highest BCUT2D eigenvalue weighted by Gasteiger charge is 2.44. The van der Waals surface area contributed by atoms with Crippen molar-refractivity contribution in [2.75, 3.05) is 5.75 Å². The number of thioether (sulfide) groups is 1. The number of aromatic nitrogens is 2. The van der Waals surface area contributed by atoms with Crippen molar-refractivity contribution in [3.05, 3.63) is 59.2 Å². The Labute approximate surface area is 145 Å². The van der Waals surface area contributed by atoms with Crippen LogP contribution < -0.4 is 0 Å². The number of hydrogen-bond donors (Lipinski definition) is 2. The van der Waals surface area contributed by atoms with Crippen molar-refractivity contribution >= 4 is 34.4 Å². The fourth-order valence-electron chi connectivity index (χ4n) is 2.69. The fourth-order valence-corrected chi connectivity index (χ4v) is 4.10. The molecular formula is C17H19N3OS2. The zero-order valence-electron chi connectivity index (χ0n) is 13.1. The molecule has 1 aromatic carbocycles. The van der Waals surface area contributed by atoms with Crippen molar-refractivity contribution in [2.24, 2.45) is 0 Å². The molecule has 2 heterocycles. The average molecular weight is 345 g/mol. The lowest BCUT2D eigenvalue weighted by atomic mass is 10.0. The number of benzene rings is 1. The number of aromatic amines is 1. The van der Waals surface area contributed by atoms with Gasteiger partial charge in [-0.15, -0.1) is 0 Å². The maximum absolute atomic E-state index is 11.2. The van der Waals surface area contributed by atoms with Crippen molar-refractivity contribution in [1.82, 2.24) is 14.9 Å². The third-order valence-electron chi connectivity index (χ3n) is 3.90. The molecule has 0 spiro atoms. The van der Waals surface area contributed by atoms with Gasteiger partial charge < -0.3 is 15.0 Å². The Balaban J connectivity index is 1.91. The summed E-state index contributed by atoms with van der Waals surface area (Å²) in [5.74, 6) is 1.33. The van der Waals surface area contributed by atoms with Crippen molar-refractivity contribution in [2.45, 2.75) is 26.1 Å². The summed E-state index contributed by atoms with van der Waals surface area (Å²) in [4.78, 5) is 9.72. The van der Waals surface area contributed by atoms with Crippen molar-refractivity contribution < 1.29 is 5.11 Å². The second-order valence-corrected chi connectivity index (χ2v) is 7.13. The molecule has 1 aliphatic heterocycles. The van der Waals surface area contributed by atoms with Crippen molar-refractivity contribution in [1.29, 1.82) is 0 Å². The maximum atomic E-state index is 11.2. The van der Waals surface area contributed by atoms with Crippen LogP contribution in [0.3, 0.4) is 0 Å². The van der Waals surface area contributed by atoms with Crippen LogP contribution in [0.25, 0.3) is 6.08 Å². The molecule has 3 rings (SSSR count). The van der Waals surface area contributed by atoms with Gasteiger partial charge in [0.05, 0.1) is 18.0 Å². The second kappa shape index (κ2) is 6.47. The monoisotopic (exact) mass is 345 g/mol. The lowest BCUT2D eigenvalue weighted by Gasteiger charge is -2.33. The minimum Gasteiger partial charge on any atom is -0.366 e. The lowest BCUT2D eigenvalue weighted by molar-refractivity contribution is -0.0518. The van der Waals surface area contributed by atoms with Crippen LogP contribution in [0.2, 0.25) is 0 Å². The van der Waals surface area contributed by atoms with Crippen LogP contribution in [0, 0.1) is 6.92 Å². The van der Waals surface area contributed by atoms with Gasteiger partial charge in [-0.05, 0) is 19.9 Å². The summed E-state index contributed by atoms with van der Waals surface area (Å²) in [6, 6.07) is 9.66. The fraction of sp³-hybridized carbons (Fsp3) is 0.294. The lowest BCUT2D eigenvalue weighted by Crippen LogP contribution is -2.44. The molecule has 0 radical (unpaired) electrons. The molecule has 1 aromatic heterocycles. The number of hydrogen-bond acceptors (Lipinski definition) is 4. The van der Waals surface area contributed by atoms with Gasteiger partial charge in [-0.1, -0.05) is 60.4 Å². The van der Waals surface area contributed by atoms with Crippen LogP contribution in [0.5, 0.6) is 0 Å². The van der Waals surface area contributed by atoms with E-state index < -0.39 is 5.72 Å². The average Bonchev–Trinajstić information content (AvgIpc) is 3.04. The molecule has 1 unspecified atom stereocenters. The number of rotatable bonds is 4. The van der Waals surface area contributed by atoms with Gasteiger partial charge in [0, 0.05) is 11.3 Å². The van der Waals surface area contributed by atoms with E-state index in [2.05, 4.69) is 9.97 Å². The van der Waals surface area contributed by atoms with Crippen molar-refractivity contribution in [3.63, 3.8) is 0 Å². The smallest absolute Gasteiger partial charge is 0.175 e. The van der Waals surface area contributed by atoms with E-state index in [1.807, 2.05) is 61.2 Å². The van der Waals surface area contributed by atoms with E-state index in [1.54, 1.807) is 0 Å². The van der Waals surface area contributed by atoms with Crippen LogP contribution in [0.4, 0.5) is 0 Å². The quantitative estimate of drug-likeness (QED) is 0.832. The molecule has 0 aliphatic carbocycles. The highest BCUT2D eigenvalue weighted by molar-refractivity contribution is 8.23. The number of aryl methyl sites for hydroxylation is 1. The summed E-state index contributed by atoms with van der Waals surface area (Å²) >= 11 is 6.95. The molecule has 0 saturated carbocycles. The van der Waals surface area contributed by atoms with Gasteiger partial charge in [-0.2, -0.15) is 0 Å². The molecule has 2 N–H and O–H groups in total. The Morgan fingerprint density at radius 3 is 2.87 bits per heavy atom. The normalized spacial score (nSPS) is 21.5. The van der Waals surface area contributed by atoms with Gasteiger partial charge in [0.2, 0.25) is 0 Å². The standard InChI is InChI=1S/C17H19N3OS2/c1-3-7-14-12(2)18-15(19-14)10-20-16(22)23-11-17(20,21)13-8-5-4-6-9-13/h3-9,21H,10-11H2,1-2H3,(H,18,19)/b7-3-. The highest BCUT2D eigenvalue weighted by Crippen LogP contribution is 2.39. The first-order valence-electron chi connectivity index (χ1n) is 7.45. The van der Waals surface area contributed by atoms with Crippen LogP contribution in [-0.4, -0.2) is 30.0 Å². The Bertz CT molecular complexity index is 742. The van der Waals surface area contributed by atoms with E-state index >= 15 is 0 Å². The van der Waals surface area contributed by atoms with Crippen LogP contribution >= 0.6 is 24.0 Å². The number of imidazole rings is 1. The van der Waals surface area contributed by atoms with Gasteiger partial charge in [0.1, 0.15) is 10.1 Å². The third-order valence-corrected chi connectivity index (χ3v) is 5.49. The zero-order chi connectivity index (χ0) is 16.4. The first-order valence-corrected chi connectivity index (χ1v) is 8.84. The summed E-state index contributed by atoms with van der Waals surface area (Å²) in [6.07, 6.45) is 3.93. The minimum absolute atomic E-state index is 0.454. The number of nitrogens with one attached hydrogen (secondary N) is 1. The SMILES string of the molecule is C/C=C\c1nc(CN2C(=S)SCC2(O)c2ccccc2)[nH]c1C. The molecule has 1 atom stereocenters. The van der Waals surface area contributed by atoms with Gasteiger partial charge in [0.25, 0.3) is 0 Å². The Morgan fingerprint density at radius 1 is 1.43 bits per heavy atom. The number of nitrogens with zero attached hydrogens (tertiary/aromatic N) is 2. The summed E-state index contributed by atoms with van der Waals surface area (Å²) in [7, 11) is 0. The Morgan fingerprint density at radius 2 is 2.17 bits per heavy atom. The number of H-pyrrole nitrogens is 1. The maximum Gasteiger partial charge on any atom is 0.175 e.